The number of ketones is 1. The lowest BCUT2D eigenvalue weighted by Gasteiger charge is -2.04. The molecular formula is C22H21NO4. The number of hydrogen-bond donors (Lipinski definition) is 0. The molecule has 0 saturated heterocycles. The summed E-state index contributed by atoms with van der Waals surface area (Å²) in [5.74, 6) is -0.294. The van der Waals surface area contributed by atoms with Gasteiger partial charge >= 0.3 is 5.97 Å². The van der Waals surface area contributed by atoms with Crippen molar-refractivity contribution in [3.63, 3.8) is 0 Å². The van der Waals surface area contributed by atoms with Gasteiger partial charge in [-0.3, -0.25) is 9.59 Å². The van der Waals surface area contributed by atoms with Crippen LogP contribution in [0.25, 0.3) is 11.5 Å². The summed E-state index contributed by atoms with van der Waals surface area (Å²) in [7, 11) is 0. The molecule has 5 nitrogen and oxygen atoms in total. The number of Topliss-reactive ketones (excluding diaryl/α,β-unsaturated/α-hetero) is 1. The van der Waals surface area contributed by atoms with E-state index in [-0.39, 0.29) is 18.8 Å². The maximum Gasteiger partial charge on any atom is 0.312 e. The zero-order valence-corrected chi connectivity index (χ0v) is 15.2. The van der Waals surface area contributed by atoms with Gasteiger partial charge in [0.05, 0.1) is 12.1 Å². The Labute approximate surface area is 158 Å². The first kappa shape index (κ1) is 18.6. The molecule has 5 heteroatoms. The molecule has 0 spiro atoms. The third-order valence-electron chi connectivity index (χ3n) is 4.08. The summed E-state index contributed by atoms with van der Waals surface area (Å²) in [5, 5.41) is 0. The lowest BCUT2D eigenvalue weighted by Crippen LogP contribution is -2.15. The highest BCUT2D eigenvalue weighted by Crippen LogP contribution is 2.18. The van der Waals surface area contributed by atoms with E-state index in [0.29, 0.717) is 17.1 Å². The molecule has 1 aromatic heterocycles. The smallest absolute Gasteiger partial charge is 0.312 e. The van der Waals surface area contributed by atoms with E-state index in [1.54, 1.807) is 12.1 Å². The van der Waals surface area contributed by atoms with E-state index < -0.39 is 5.97 Å². The highest BCUT2D eigenvalue weighted by atomic mass is 16.5. The number of carbonyl (C=O) groups excluding carboxylic acids is 2. The minimum absolute atomic E-state index is 0.0426. The number of esters is 1. The van der Waals surface area contributed by atoms with Crippen LogP contribution in [0.1, 0.15) is 35.0 Å². The van der Waals surface area contributed by atoms with Gasteiger partial charge in [0.15, 0.2) is 12.4 Å². The normalized spacial score (nSPS) is 10.6. The van der Waals surface area contributed by atoms with Gasteiger partial charge in [-0.2, -0.15) is 0 Å². The molecule has 0 aliphatic carbocycles. The number of benzene rings is 2. The van der Waals surface area contributed by atoms with E-state index in [0.717, 1.165) is 18.4 Å². The second-order valence-electron chi connectivity index (χ2n) is 6.22. The molecule has 0 saturated carbocycles. The zero-order chi connectivity index (χ0) is 19.1. The van der Waals surface area contributed by atoms with Crippen LogP contribution in [0.2, 0.25) is 0 Å². The number of nitrogens with zero attached hydrogens (tertiary/aromatic N) is 1. The lowest BCUT2D eigenvalue weighted by atomic mass is 10.1. The lowest BCUT2D eigenvalue weighted by molar-refractivity contribution is -0.141. The van der Waals surface area contributed by atoms with Crippen molar-refractivity contribution >= 4 is 11.8 Å². The van der Waals surface area contributed by atoms with Crippen molar-refractivity contribution in [1.82, 2.24) is 4.98 Å². The monoisotopic (exact) mass is 363 g/mol. The minimum Gasteiger partial charge on any atom is -0.457 e. The Hall–Kier alpha value is -3.21. The topological polar surface area (TPSA) is 69.4 Å². The summed E-state index contributed by atoms with van der Waals surface area (Å²) in [6, 6.07) is 16.8. The van der Waals surface area contributed by atoms with Crippen LogP contribution in [-0.4, -0.2) is 23.3 Å². The van der Waals surface area contributed by atoms with Gasteiger partial charge in [0.25, 0.3) is 0 Å². The third-order valence-corrected chi connectivity index (χ3v) is 4.08. The summed E-state index contributed by atoms with van der Waals surface area (Å²) in [5.41, 5.74) is 3.02. The molecule has 0 atom stereocenters. The van der Waals surface area contributed by atoms with Gasteiger partial charge in [0.1, 0.15) is 6.26 Å². The van der Waals surface area contributed by atoms with E-state index in [4.69, 9.17) is 9.15 Å². The van der Waals surface area contributed by atoms with Gasteiger partial charge < -0.3 is 9.15 Å². The van der Waals surface area contributed by atoms with Crippen LogP contribution in [0.15, 0.2) is 65.3 Å². The number of hydrogen-bond acceptors (Lipinski definition) is 5. The van der Waals surface area contributed by atoms with Crippen molar-refractivity contribution in [3.05, 3.63) is 77.7 Å². The Morgan fingerprint density at radius 3 is 2.48 bits per heavy atom. The van der Waals surface area contributed by atoms with E-state index >= 15 is 0 Å². The van der Waals surface area contributed by atoms with E-state index in [1.165, 1.54) is 11.8 Å². The highest BCUT2D eigenvalue weighted by molar-refractivity contribution is 5.98. The molecule has 0 amide bonds. The molecule has 2 aromatic carbocycles. The molecule has 0 radical (unpaired) electrons. The molecule has 27 heavy (non-hydrogen) atoms. The Kier molecular flexibility index (Phi) is 6.15. The van der Waals surface area contributed by atoms with Crippen molar-refractivity contribution in [2.24, 2.45) is 0 Å². The van der Waals surface area contributed by atoms with Crippen LogP contribution in [0.4, 0.5) is 0 Å². The average Bonchev–Trinajstić information content (AvgIpc) is 3.16. The molecule has 1 heterocycles. The maximum absolute atomic E-state index is 12.1. The zero-order valence-electron chi connectivity index (χ0n) is 15.2. The predicted molar refractivity (Wildman–Crippen MR) is 101 cm³/mol. The summed E-state index contributed by atoms with van der Waals surface area (Å²) in [4.78, 5) is 28.4. The van der Waals surface area contributed by atoms with Crippen molar-refractivity contribution in [2.45, 2.75) is 26.2 Å². The molecule has 138 valence electrons. The molecule has 0 fully saturated rings. The van der Waals surface area contributed by atoms with Crippen LogP contribution in [-0.2, 0) is 22.4 Å². The van der Waals surface area contributed by atoms with Crippen LogP contribution in [0, 0.1) is 0 Å². The number of oxazole rings is 1. The van der Waals surface area contributed by atoms with E-state index in [2.05, 4.69) is 11.9 Å². The van der Waals surface area contributed by atoms with Crippen molar-refractivity contribution in [2.75, 3.05) is 6.61 Å². The molecule has 3 aromatic rings. The quantitative estimate of drug-likeness (QED) is 0.442. The fraction of sp³-hybridized carbons (Fsp3) is 0.227. The Bertz CT molecular complexity index is 898. The number of rotatable bonds is 8. The molecule has 0 aliphatic heterocycles. The van der Waals surface area contributed by atoms with Gasteiger partial charge in [0, 0.05) is 11.1 Å². The molecule has 0 unspecified atom stereocenters. The summed E-state index contributed by atoms with van der Waals surface area (Å²) in [6.45, 7) is 1.82. The molecule has 0 N–H and O–H groups in total. The highest BCUT2D eigenvalue weighted by Gasteiger charge is 2.14. The van der Waals surface area contributed by atoms with Crippen LogP contribution < -0.4 is 0 Å². The third kappa shape index (κ3) is 5.14. The molecule has 0 aliphatic rings. The van der Waals surface area contributed by atoms with Crippen molar-refractivity contribution in [3.8, 4) is 11.5 Å². The first-order valence-electron chi connectivity index (χ1n) is 8.93. The first-order valence-corrected chi connectivity index (χ1v) is 8.93. The van der Waals surface area contributed by atoms with Crippen LogP contribution in [0.3, 0.4) is 0 Å². The number of carbonyl (C=O) groups is 2. The molecule has 3 rings (SSSR count). The molecule has 0 bridgehead atoms. The maximum atomic E-state index is 12.1. The van der Waals surface area contributed by atoms with Gasteiger partial charge in [-0.15, -0.1) is 0 Å². The summed E-state index contributed by atoms with van der Waals surface area (Å²) >= 11 is 0. The first-order chi connectivity index (χ1) is 13.2. The van der Waals surface area contributed by atoms with Gasteiger partial charge in [-0.25, -0.2) is 4.98 Å². The van der Waals surface area contributed by atoms with Gasteiger partial charge in [-0.1, -0.05) is 55.8 Å². The second kappa shape index (κ2) is 8.94. The Morgan fingerprint density at radius 1 is 1.04 bits per heavy atom. The van der Waals surface area contributed by atoms with Crippen LogP contribution >= 0.6 is 0 Å². The number of aryl methyl sites for hydroxylation is 1. The second-order valence-corrected chi connectivity index (χ2v) is 6.22. The fourth-order valence-corrected chi connectivity index (χ4v) is 2.68. The van der Waals surface area contributed by atoms with E-state index in [1.807, 2.05) is 42.5 Å². The SMILES string of the molecule is CCCc1ccc(C(=O)COC(=O)Cc2coc(-c3ccccc3)n2)cc1. The Balaban J connectivity index is 1.51. The largest absolute Gasteiger partial charge is 0.457 e. The van der Waals surface area contributed by atoms with Gasteiger partial charge in [-0.05, 0) is 24.1 Å². The van der Waals surface area contributed by atoms with Crippen LogP contribution in [0.5, 0.6) is 0 Å². The summed E-state index contributed by atoms with van der Waals surface area (Å²) in [6.07, 6.45) is 3.42. The van der Waals surface area contributed by atoms with Crippen molar-refractivity contribution in [1.29, 1.82) is 0 Å². The predicted octanol–water partition coefficient (Wildman–Crippen LogP) is 4.26. The average molecular weight is 363 g/mol. The molecular weight excluding hydrogens is 342 g/mol. The standard InChI is InChI=1S/C22H21NO4/c1-2-6-16-9-11-17(12-10-16)20(24)15-26-21(25)13-19-14-27-22(23-19)18-7-4-3-5-8-18/h3-5,7-12,14H,2,6,13,15H2,1H3. The Morgan fingerprint density at radius 2 is 1.78 bits per heavy atom. The fourth-order valence-electron chi connectivity index (χ4n) is 2.68. The number of aromatic nitrogens is 1. The van der Waals surface area contributed by atoms with Gasteiger partial charge in [0.2, 0.25) is 5.89 Å². The minimum atomic E-state index is -0.515. The number of ether oxygens (including phenoxy) is 1. The van der Waals surface area contributed by atoms with Crippen molar-refractivity contribution < 1.29 is 18.7 Å². The van der Waals surface area contributed by atoms with E-state index in [9.17, 15) is 9.59 Å². The summed E-state index contributed by atoms with van der Waals surface area (Å²) < 4.78 is 10.5.